The molecule has 2 aromatic carbocycles. The third-order valence-corrected chi connectivity index (χ3v) is 8.45. The highest BCUT2D eigenvalue weighted by atomic mass is 19.4. The van der Waals surface area contributed by atoms with Crippen molar-refractivity contribution in [3.05, 3.63) is 70.0 Å². The van der Waals surface area contributed by atoms with E-state index in [-0.39, 0.29) is 43.3 Å². The number of benzene rings is 2. The van der Waals surface area contributed by atoms with Gasteiger partial charge in [-0.15, -0.1) is 0 Å². The summed E-state index contributed by atoms with van der Waals surface area (Å²) in [5.74, 6) is -2.83. The second-order valence-corrected chi connectivity index (χ2v) is 11.2. The van der Waals surface area contributed by atoms with Crippen LogP contribution in [0.5, 0.6) is 0 Å². The predicted molar refractivity (Wildman–Crippen MR) is 142 cm³/mol. The molecule has 6 nitrogen and oxygen atoms in total. The molecule has 0 radical (unpaired) electrons. The molecule has 0 unspecified atom stereocenters. The summed E-state index contributed by atoms with van der Waals surface area (Å²) in [7, 11) is 1.28. The summed E-state index contributed by atoms with van der Waals surface area (Å²) in [4.78, 5) is 43.0. The van der Waals surface area contributed by atoms with Crippen LogP contribution in [0.25, 0.3) is 0 Å². The number of hydrogen-bond donors (Lipinski definition) is 0. The highest BCUT2D eigenvalue weighted by molar-refractivity contribution is 5.95. The molecule has 0 aliphatic carbocycles. The van der Waals surface area contributed by atoms with E-state index in [4.69, 9.17) is 0 Å². The number of carbonyl (C=O) groups excluding carboxylic acids is 3. The van der Waals surface area contributed by atoms with Crippen molar-refractivity contribution < 1.29 is 45.1 Å². The number of alkyl halides is 6. The van der Waals surface area contributed by atoms with Crippen LogP contribution < -0.4 is 0 Å². The lowest BCUT2D eigenvalue weighted by Crippen LogP contribution is -2.53. The van der Waals surface area contributed by atoms with E-state index in [1.165, 1.54) is 26.1 Å². The Morgan fingerprint density at radius 3 is 1.91 bits per heavy atom. The van der Waals surface area contributed by atoms with Crippen LogP contribution in [0.4, 0.5) is 30.7 Å². The first-order chi connectivity index (χ1) is 20.0. The minimum Gasteiger partial charge on any atom is -0.343 e. The summed E-state index contributed by atoms with van der Waals surface area (Å²) in [6.45, 7) is 4.12. The van der Waals surface area contributed by atoms with Gasteiger partial charge in [-0.3, -0.25) is 14.4 Å². The summed E-state index contributed by atoms with van der Waals surface area (Å²) < 4.78 is 95.4. The maximum absolute atomic E-state index is 14.6. The van der Waals surface area contributed by atoms with Gasteiger partial charge in [0.25, 0.3) is 5.91 Å². The zero-order valence-electron chi connectivity index (χ0n) is 23.9. The molecule has 2 aromatic rings. The third-order valence-electron chi connectivity index (χ3n) is 8.45. The lowest BCUT2D eigenvalue weighted by Gasteiger charge is -2.44. The van der Waals surface area contributed by atoms with E-state index in [0.717, 1.165) is 4.90 Å². The van der Waals surface area contributed by atoms with Gasteiger partial charge < -0.3 is 14.7 Å². The van der Waals surface area contributed by atoms with Crippen molar-refractivity contribution in [2.45, 2.75) is 57.4 Å². The van der Waals surface area contributed by atoms with Gasteiger partial charge in [0.2, 0.25) is 11.8 Å². The maximum atomic E-state index is 14.6. The number of likely N-dealkylation sites (N-methyl/N-ethyl adjacent to an activating group) is 1. The molecule has 2 aliphatic rings. The Bertz CT molecular complexity index is 1350. The van der Waals surface area contributed by atoms with E-state index in [9.17, 15) is 45.1 Å². The van der Waals surface area contributed by atoms with Crippen molar-refractivity contribution in [1.29, 1.82) is 0 Å². The molecule has 4 rings (SSSR count). The van der Waals surface area contributed by atoms with Crippen molar-refractivity contribution in [3.63, 3.8) is 0 Å². The third kappa shape index (κ3) is 7.13. The molecule has 0 saturated carbocycles. The fourth-order valence-corrected chi connectivity index (χ4v) is 5.90. The molecule has 13 heteroatoms. The Balaban J connectivity index is 1.63. The number of nitrogens with zero attached hydrogens (tertiary/aromatic N) is 3. The predicted octanol–water partition coefficient (Wildman–Crippen LogP) is 5.89. The molecule has 2 atom stereocenters. The summed E-state index contributed by atoms with van der Waals surface area (Å²) in [5, 5.41) is 0. The van der Waals surface area contributed by atoms with Crippen molar-refractivity contribution in [3.8, 4) is 0 Å². The SMILES string of the molecule is CC(=O)N1CCC(C(=O)N2CC[C@@H](N(C)C(=O)c3cc(C(F)(F)F)cc(C(F)(F)F)c3)[C@H](c3ccc(C)c(F)c3)C2)CC1. The zero-order chi connectivity index (χ0) is 31.9. The van der Waals surface area contributed by atoms with Gasteiger partial charge in [0.1, 0.15) is 5.82 Å². The number of aryl methyl sites for hydroxylation is 1. The van der Waals surface area contributed by atoms with E-state index in [1.807, 2.05) is 0 Å². The smallest absolute Gasteiger partial charge is 0.343 e. The average Bonchev–Trinajstić information content (AvgIpc) is 2.96. The number of hydrogen-bond acceptors (Lipinski definition) is 3. The van der Waals surface area contributed by atoms with Crippen LogP contribution in [0.2, 0.25) is 0 Å². The van der Waals surface area contributed by atoms with Gasteiger partial charge in [-0.05, 0) is 61.6 Å². The molecule has 0 bridgehead atoms. The van der Waals surface area contributed by atoms with Crippen LogP contribution >= 0.6 is 0 Å². The van der Waals surface area contributed by atoms with Crippen LogP contribution in [-0.2, 0) is 21.9 Å². The maximum Gasteiger partial charge on any atom is 0.416 e. The largest absolute Gasteiger partial charge is 0.416 e. The van der Waals surface area contributed by atoms with Gasteiger partial charge >= 0.3 is 12.4 Å². The molecule has 0 aromatic heterocycles. The van der Waals surface area contributed by atoms with Gasteiger partial charge in [0, 0.05) is 63.6 Å². The van der Waals surface area contributed by atoms with Crippen LogP contribution in [0.15, 0.2) is 36.4 Å². The molecule has 0 N–H and O–H groups in total. The first-order valence-electron chi connectivity index (χ1n) is 13.8. The number of carbonyl (C=O) groups is 3. The van der Waals surface area contributed by atoms with E-state index in [1.54, 1.807) is 22.8 Å². The van der Waals surface area contributed by atoms with E-state index >= 15 is 0 Å². The zero-order valence-corrected chi connectivity index (χ0v) is 23.9. The standard InChI is InChI=1S/C30H32F7N3O3/c1-17-4-5-20(14-25(17)31)24-16-40(28(43)19-6-9-39(10-7-19)18(2)41)11-8-26(24)38(3)27(42)21-12-22(29(32,33)34)15-23(13-21)30(35,36)37/h4-5,12-15,19,24,26H,6-11,16H2,1-3H3/t24-,26+/m0/s1. The molecule has 3 amide bonds. The van der Waals surface area contributed by atoms with Gasteiger partial charge in [0.15, 0.2) is 0 Å². The quantitative estimate of drug-likeness (QED) is 0.404. The minimum atomic E-state index is -5.12. The molecule has 2 aliphatic heterocycles. The van der Waals surface area contributed by atoms with Crippen molar-refractivity contribution in [2.75, 3.05) is 33.2 Å². The first-order valence-corrected chi connectivity index (χ1v) is 13.8. The number of rotatable bonds is 4. The summed E-state index contributed by atoms with van der Waals surface area (Å²) >= 11 is 0. The fraction of sp³-hybridized carbons (Fsp3) is 0.500. The molecule has 234 valence electrons. The molecule has 0 spiro atoms. The summed E-state index contributed by atoms with van der Waals surface area (Å²) in [5.41, 5.74) is -3.19. The monoisotopic (exact) mass is 615 g/mol. The van der Waals surface area contributed by atoms with Gasteiger partial charge in [0.05, 0.1) is 11.1 Å². The molecule has 43 heavy (non-hydrogen) atoms. The van der Waals surface area contributed by atoms with Crippen LogP contribution in [0.3, 0.4) is 0 Å². The summed E-state index contributed by atoms with van der Waals surface area (Å²) in [6.07, 6.45) is -9.15. The van der Waals surface area contributed by atoms with E-state index < -0.39 is 52.7 Å². The van der Waals surface area contributed by atoms with Gasteiger partial charge in [-0.25, -0.2) is 4.39 Å². The molecular formula is C30H32F7N3O3. The molecule has 2 fully saturated rings. The average molecular weight is 616 g/mol. The van der Waals surface area contributed by atoms with Crippen molar-refractivity contribution in [2.24, 2.45) is 5.92 Å². The Morgan fingerprint density at radius 2 is 1.40 bits per heavy atom. The number of likely N-dealkylation sites (tertiary alicyclic amines) is 2. The van der Waals surface area contributed by atoms with E-state index in [0.29, 0.717) is 49.2 Å². The fourth-order valence-electron chi connectivity index (χ4n) is 5.90. The van der Waals surface area contributed by atoms with Crippen LogP contribution in [0, 0.1) is 18.7 Å². The van der Waals surface area contributed by atoms with Crippen molar-refractivity contribution in [1.82, 2.24) is 14.7 Å². The number of piperidine rings is 2. The Hall–Kier alpha value is -3.64. The highest BCUT2D eigenvalue weighted by Gasteiger charge is 2.41. The van der Waals surface area contributed by atoms with Crippen LogP contribution in [0.1, 0.15) is 64.7 Å². The topological polar surface area (TPSA) is 60.9 Å². The molecular weight excluding hydrogens is 583 g/mol. The van der Waals surface area contributed by atoms with E-state index in [2.05, 4.69) is 0 Å². The second kappa shape index (κ2) is 12.2. The molecule has 2 saturated heterocycles. The first kappa shape index (κ1) is 32.3. The summed E-state index contributed by atoms with van der Waals surface area (Å²) in [6, 6.07) is 4.42. The molecule has 2 heterocycles. The Morgan fingerprint density at radius 1 is 0.837 bits per heavy atom. The Labute approximate surface area is 244 Å². The van der Waals surface area contributed by atoms with Gasteiger partial charge in [-0.1, -0.05) is 12.1 Å². The highest BCUT2D eigenvalue weighted by Crippen LogP contribution is 2.38. The normalized spacial score (nSPS) is 20.2. The van der Waals surface area contributed by atoms with Gasteiger partial charge in [-0.2, -0.15) is 26.3 Å². The Kier molecular flexibility index (Phi) is 9.13. The number of halogens is 7. The van der Waals surface area contributed by atoms with Crippen molar-refractivity contribution >= 4 is 17.7 Å². The second-order valence-electron chi connectivity index (χ2n) is 11.2. The van der Waals surface area contributed by atoms with Crippen LogP contribution in [-0.4, -0.2) is 71.7 Å². The lowest BCUT2D eigenvalue weighted by molar-refractivity contribution is -0.143. The minimum absolute atomic E-state index is 0.0420. The lowest BCUT2D eigenvalue weighted by atomic mass is 9.83. The number of amides is 3.